The second-order valence-corrected chi connectivity index (χ2v) is 9.41. The number of methoxy groups -OCH3 is 1. The van der Waals surface area contributed by atoms with Crippen molar-refractivity contribution in [3.8, 4) is 11.1 Å². The number of anilines is 1. The first-order valence-corrected chi connectivity index (χ1v) is 12.4. The van der Waals surface area contributed by atoms with E-state index >= 15 is 0 Å². The Labute approximate surface area is 225 Å². The first-order valence-electron chi connectivity index (χ1n) is 12.0. The molecule has 0 radical (unpaired) electrons. The number of benzene rings is 1. The number of nitrogens with zero attached hydrogens (tertiary/aromatic N) is 3. The van der Waals surface area contributed by atoms with Crippen LogP contribution in [0.5, 0.6) is 0 Å². The van der Waals surface area contributed by atoms with Gasteiger partial charge < -0.3 is 35.4 Å². The van der Waals surface area contributed by atoms with Gasteiger partial charge in [-0.05, 0) is 42.3 Å². The number of ether oxygens (including phenoxy) is 1. The molecule has 4 rings (SSSR count). The molecule has 1 atom stereocenters. The van der Waals surface area contributed by atoms with Crippen LogP contribution in [0.4, 0.5) is 10.2 Å². The van der Waals surface area contributed by atoms with Gasteiger partial charge in [0, 0.05) is 62.6 Å². The monoisotopic (exact) mass is 540 g/mol. The highest BCUT2D eigenvalue weighted by atomic mass is 35.5. The lowest BCUT2D eigenvalue weighted by atomic mass is 10.0. The van der Waals surface area contributed by atoms with Crippen LogP contribution in [0.15, 0.2) is 54.1 Å². The Balaban J connectivity index is 1.69. The second-order valence-electron chi connectivity index (χ2n) is 9.01. The highest BCUT2D eigenvalue weighted by Crippen LogP contribution is 2.33. The Morgan fingerprint density at radius 2 is 2.13 bits per heavy atom. The number of halogens is 2. The number of hydrogen-bond acceptors (Lipinski definition) is 7. The Kier molecular flexibility index (Phi) is 8.45. The van der Waals surface area contributed by atoms with Gasteiger partial charge in [0.2, 0.25) is 0 Å². The van der Waals surface area contributed by atoms with E-state index in [0.717, 1.165) is 5.56 Å². The predicted molar refractivity (Wildman–Crippen MR) is 145 cm³/mol. The van der Waals surface area contributed by atoms with E-state index in [1.165, 1.54) is 30.6 Å². The van der Waals surface area contributed by atoms with Crippen molar-refractivity contribution in [1.29, 1.82) is 5.41 Å². The summed E-state index contributed by atoms with van der Waals surface area (Å²) in [4.78, 5) is 19.7. The highest BCUT2D eigenvalue weighted by Gasteiger charge is 2.34. The molecule has 2 aromatic heterocycles. The van der Waals surface area contributed by atoms with Gasteiger partial charge in [0.25, 0.3) is 5.91 Å². The first kappa shape index (κ1) is 27.3. The second kappa shape index (κ2) is 11.8. The lowest BCUT2D eigenvalue weighted by Crippen LogP contribution is -2.49. The van der Waals surface area contributed by atoms with E-state index < -0.39 is 5.82 Å². The minimum absolute atomic E-state index is 0.136. The molecule has 3 aromatic rings. The Hall–Kier alpha value is -3.73. The van der Waals surface area contributed by atoms with Crippen LogP contribution >= 0.6 is 11.6 Å². The summed E-state index contributed by atoms with van der Waals surface area (Å²) in [7, 11) is 3.31. The number of carbonyl (C=O) groups is 1. The van der Waals surface area contributed by atoms with Gasteiger partial charge in [-0.3, -0.25) is 4.79 Å². The van der Waals surface area contributed by atoms with Gasteiger partial charge in [-0.1, -0.05) is 17.7 Å². The minimum atomic E-state index is -0.431. The molecule has 0 saturated carbocycles. The van der Waals surface area contributed by atoms with E-state index in [1.807, 2.05) is 10.8 Å². The predicted octanol–water partition coefficient (Wildman–Crippen LogP) is 4.02. The number of nitrogens with one attached hydrogen (secondary N) is 3. The number of aliphatic hydroxyl groups excluding tert-OH is 1. The van der Waals surface area contributed by atoms with Crippen molar-refractivity contribution >= 4 is 29.5 Å². The molecule has 0 aliphatic carbocycles. The van der Waals surface area contributed by atoms with Crippen molar-refractivity contribution in [2.24, 2.45) is 0 Å². The number of rotatable bonds is 10. The van der Waals surface area contributed by atoms with Crippen molar-refractivity contribution in [3.63, 3.8) is 0 Å². The fraction of sp³-hybridized carbons (Fsp3) is 0.296. The Morgan fingerprint density at radius 1 is 1.34 bits per heavy atom. The SMILES string of the molecule is CN/C(Nc1cc(-c2cc3n(c2)C[C@H](COC)N(Cc2cc(F)ccc2CO)C3=O)c(Cl)cn1)=C(/C)C=N. The molecular weight excluding hydrogens is 511 g/mol. The van der Waals surface area contributed by atoms with E-state index in [2.05, 4.69) is 15.6 Å². The third-order valence-electron chi connectivity index (χ3n) is 6.54. The molecule has 0 fully saturated rings. The van der Waals surface area contributed by atoms with Crippen LogP contribution in [0.25, 0.3) is 11.1 Å². The largest absolute Gasteiger partial charge is 0.392 e. The van der Waals surface area contributed by atoms with Crippen molar-refractivity contribution in [3.05, 3.63) is 81.8 Å². The molecule has 4 N–H and O–H groups in total. The molecular formula is C27H30ClFN6O3. The van der Waals surface area contributed by atoms with Crippen molar-refractivity contribution in [1.82, 2.24) is 19.8 Å². The number of carbonyl (C=O) groups excluding carboxylic acids is 1. The summed E-state index contributed by atoms with van der Waals surface area (Å²) in [6.45, 7) is 2.44. The summed E-state index contributed by atoms with van der Waals surface area (Å²) in [5.74, 6) is 0.486. The van der Waals surface area contributed by atoms with Crippen LogP contribution in [0.1, 0.15) is 28.5 Å². The molecule has 1 amide bonds. The highest BCUT2D eigenvalue weighted by molar-refractivity contribution is 6.33. The summed E-state index contributed by atoms with van der Waals surface area (Å²) in [6, 6.07) is 7.43. The van der Waals surface area contributed by atoms with Crippen molar-refractivity contribution in [2.45, 2.75) is 32.7 Å². The summed E-state index contributed by atoms with van der Waals surface area (Å²) in [6.07, 6.45) is 4.64. The van der Waals surface area contributed by atoms with Crippen LogP contribution < -0.4 is 10.6 Å². The standard InChI is InChI=1S/C27H30ClFN6O3/c1-16(9-30)26(31-2)33-25-8-22(23(28)10-32-25)19-7-24-27(37)35(21(15-38-3)13-34(24)11-19)12-18-6-20(29)5-4-17(18)14-36/h4-11,21,30-31,36H,12-15H2,1-3H3,(H,32,33)/b26-16+,30-9?/t21-/m1/s1. The van der Waals surface area contributed by atoms with Crippen molar-refractivity contribution in [2.75, 3.05) is 26.1 Å². The third kappa shape index (κ3) is 5.57. The molecule has 0 spiro atoms. The smallest absolute Gasteiger partial charge is 0.271 e. The zero-order valence-corrected chi connectivity index (χ0v) is 22.1. The number of fused-ring (bicyclic) bond motifs is 1. The van der Waals surface area contributed by atoms with Gasteiger partial charge in [-0.2, -0.15) is 0 Å². The number of hydrogen-bond donors (Lipinski definition) is 4. The van der Waals surface area contributed by atoms with Gasteiger partial charge >= 0.3 is 0 Å². The average Bonchev–Trinajstić information content (AvgIpc) is 3.34. The topological polar surface area (TPSA) is 116 Å². The van der Waals surface area contributed by atoms with Crippen molar-refractivity contribution < 1.29 is 19.0 Å². The molecule has 3 heterocycles. The van der Waals surface area contributed by atoms with Gasteiger partial charge in [0.05, 0.1) is 24.3 Å². The summed E-state index contributed by atoms with van der Waals surface area (Å²) in [5.41, 5.74) is 3.69. The fourth-order valence-electron chi connectivity index (χ4n) is 4.53. The van der Waals surface area contributed by atoms with Crippen LogP contribution in [0.2, 0.25) is 5.02 Å². The molecule has 9 nitrogen and oxygen atoms in total. The number of allylic oxidation sites excluding steroid dienone is 1. The minimum Gasteiger partial charge on any atom is -0.392 e. The lowest BCUT2D eigenvalue weighted by Gasteiger charge is -2.36. The fourth-order valence-corrected chi connectivity index (χ4v) is 4.74. The maximum absolute atomic E-state index is 14.0. The van der Waals surface area contributed by atoms with E-state index in [4.69, 9.17) is 21.7 Å². The van der Waals surface area contributed by atoms with Gasteiger partial charge in [0.15, 0.2) is 0 Å². The van der Waals surface area contributed by atoms with E-state index in [1.54, 1.807) is 38.1 Å². The number of aliphatic hydroxyl groups is 1. The van der Waals surface area contributed by atoms with Gasteiger partial charge in [-0.25, -0.2) is 9.37 Å². The summed E-state index contributed by atoms with van der Waals surface area (Å²) >= 11 is 6.52. The molecule has 11 heteroatoms. The number of pyridine rings is 1. The third-order valence-corrected chi connectivity index (χ3v) is 6.84. The molecule has 200 valence electrons. The molecule has 1 aliphatic rings. The van der Waals surface area contributed by atoms with Gasteiger partial charge in [0.1, 0.15) is 23.1 Å². The quantitative estimate of drug-likeness (QED) is 0.289. The summed E-state index contributed by atoms with van der Waals surface area (Å²) in [5, 5.41) is 23.8. The normalized spacial score (nSPS) is 15.7. The van der Waals surface area contributed by atoms with Crippen LogP contribution in [-0.2, 0) is 24.4 Å². The van der Waals surface area contributed by atoms with E-state index in [-0.39, 0.29) is 31.7 Å². The van der Waals surface area contributed by atoms with E-state index in [0.29, 0.717) is 51.2 Å². The molecule has 1 aliphatic heterocycles. The number of amides is 1. The first-order chi connectivity index (χ1) is 18.3. The lowest BCUT2D eigenvalue weighted by molar-refractivity contribution is 0.0386. The number of aromatic nitrogens is 2. The zero-order chi connectivity index (χ0) is 27.4. The van der Waals surface area contributed by atoms with Gasteiger partial charge in [-0.15, -0.1) is 0 Å². The zero-order valence-electron chi connectivity index (χ0n) is 21.4. The summed E-state index contributed by atoms with van der Waals surface area (Å²) < 4.78 is 21.3. The Morgan fingerprint density at radius 3 is 2.82 bits per heavy atom. The maximum atomic E-state index is 14.0. The van der Waals surface area contributed by atoms with Crippen LogP contribution in [-0.4, -0.2) is 58.5 Å². The molecule has 0 unspecified atom stereocenters. The molecule has 1 aromatic carbocycles. The molecule has 0 bridgehead atoms. The molecule has 0 saturated heterocycles. The average molecular weight is 541 g/mol. The molecule has 38 heavy (non-hydrogen) atoms. The van der Waals surface area contributed by atoms with E-state index in [9.17, 15) is 14.3 Å². The van der Waals surface area contributed by atoms with Crippen LogP contribution in [0, 0.1) is 11.2 Å². The Bertz CT molecular complexity index is 1390. The maximum Gasteiger partial charge on any atom is 0.271 e. The van der Waals surface area contributed by atoms with Crippen LogP contribution in [0.3, 0.4) is 0 Å².